The van der Waals surface area contributed by atoms with Crippen LogP contribution in [0.2, 0.25) is 0 Å². The lowest BCUT2D eigenvalue weighted by atomic mass is 10.1. The number of carboxylic acid groups (broad SMARTS) is 1. The number of alkyl halides is 3. The lowest BCUT2D eigenvalue weighted by molar-refractivity contribution is -0.274. The minimum Gasteiger partial charge on any atom is -0.478 e. The summed E-state index contributed by atoms with van der Waals surface area (Å²) >= 11 is 0. The van der Waals surface area contributed by atoms with Crippen LogP contribution in [-0.2, 0) is 9.84 Å². The Morgan fingerprint density at radius 1 is 1.04 bits per heavy atom. The number of aromatic carboxylic acids is 1. The van der Waals surface area contributed by atoms with Gasteiger partial charge in [-0.25, -0.2) is 13.2 Å². The van der Waals surface area contributed by atoms with E-state index in [2.05, 4.69) is 11.7 Å². The highest BCUT2D eigenvalue weighted by atomic mass is 32.2. The lowest BCUT2D eigenvalue weighted by Gasteiger charge is -2.12. The summed E-state index contributed by atoms with van der Waals surface area (Å²) in [5.74, 6) is -2.82. The minimum atomic E-state index is -5.07. The average molecular weight is 410 g/mol. The molecule has 9 heteroatoms. The second kappa shape index (κ2) is 10.5. The second-order valence-corrected chi connectivity index (χ2v) is 8.41. The smallest absolute Gasteiger partial charge is 0.478 e. The SMILES string of the molecule is CCCCCCCCCCS(=O)(=O)c1ccc(OC(F)(F)F)c(C(=O)O)c1. The molecule has 0 saturated carbocycles. The van der Waals surface area contributed by atoms with Gasteiger partial charge in [0.15, 0.2) is 9.84 Å². The number of hydrogen-bond acceptors (Lipinski definition) is 4. The molecule has 0 atom stereocenters. The van der Waals surface area contributed by atoms with Crippen molar-refractivity contribution in [2.24, 2.45) is 0 Å². The van der Waals surface area contributed by atoms with Crippen molar-refractivity contribution < 1.29 is 36.2 Å². The zero-order valence-electron chi connectivity index (χ0n) is 15.2. The molecule has 0 saturated heterocycles. The van der Waals surface area contributed by atoms with E-state index in [1.54, 1.807) is 0 Å². The third kappa shape index (κ3) is 8.64. The molecule has 0 amide bonds. The topological polar surface area (TPSA) is 80.7 Å². The van der Waals surface area contributed by atoms with Crippen LogP contribution < -0.4 is 4.74 Å². The number of unbranched alkanes of at least 4 members (excludes halogenated alkanes) is 7. The van der Waals surface area contributed by atoms with Crippen molar-refractivity contribution in [3.63, 3.8) is 0 Å². The molecule has 1 aromatic rings. The van der Waals surface area contributed by atoms with Gasteiger partial charge in [0.2, 0.25) is 0 Å². The van der Waals surface area contributed by atoms with Crippen LogP contribution in [0.25, 0.3) is 0 Å². The maximum atomic E-state index is 12.3. The first-order chi connectivity index (χ1) is 12.6. The third-order valence-electron chi connectivity index (χ3n) is 4.03. The zero-order valence-corrected chi connectivity index (χ0v) is 16.0. The molecule has 0 aliphatic carbocycles. The van der Waals surface area contributed by atoms with E-state index in [9.17, 15) is 26.4 Å². The van der Waals surface area contributed by atoms with Gasteiger partial charge in [-0.05, 0) is 24.6 Å². The predicted octanol–water partition coefficient (Wildman–Crippen LogP) is 5.20. The first-order valence-electron chi connectivity index (χ1n) is 8.92. The number of benzene rings is 1. The van der Waals surface area contributed by atoms with Crippen molar-refractivity contribution in [2.75, 3.05) is 5.75 Å². The molecule has 0 fully saturated rings. The Balaban J connectivity index is 2.68. The average Bonchev–Trinajstić information content (AvgIpc) is 2.55. The van der Waals surface area contributed by atoms with Crippen molar-refractivity contribution >= 4 is 15.8 Å². The van der Waals surface area contributed by atoms with E-state index in [1.165, 1.54) is 12.8 Å². The summed E-state index contributed by atoms with van der Waals surface area (Å²) in [4.78, 5) is 10.8. The molecule has 0 radical (unpaired) electrons. The highest BCUT2D eigenvalue weighted by molar-refractivity contribution is 7.91. The third-order valence-corrected chi connectivity index (χ3v) is 5.83. The van der Waals surface area contributed by atoms with Gasteiger partial charge in [-0.15, -0.1) is 13.2 Å². The molecule has 1 N–H and O–H groups in total. The van der Waals surface area contributed by atoms with E-state index >= 15 is 0 Å². The van der Waals surface area contributed by atoms with E-state index < -0.39 is 33.5 Å². The van der Waals surface area contributed by atoms with Crippen LogP contribution in [0.3, 0.4) is 0 Å². The highest BCUT2D eigenvalue weighted by Crippen LogP contribution is 2.29. The van der Waals surface area contributed by atoms with Gasteiger partial charge in [-0.2, -0.15) is 0 Å². The van der Waals surface area contributed by atoms with Gasteiger partial charge in [0.05, 0.1) is 10.6 Å². The molecule has 27 heavy (non-hydrogen) atoms. The molecule has 154 valence electrons. The summed E-state index contributed by atoms with van der Waals surface area (Å²) in [6, 6.07) is 2.37. The first kappa shape index (κ1) is 23.3. The molecule has 5 nitrogen and oxygen atoms in total. The number of hydrogen-bond donors (Lipinski definition) is 1. The van der Waals surface area contributed by atoms with Crippen LogP contribution in [0.1, 0.15) is 68.6 Å². The molecule has 0 aromatic heterocycles. The number of halogens is 3. The normalized spacial score (nSPS) is 12.1. The van der Waals surface area contributed by atoms with Crippen LogP contribution >= 0.6 is 0 Å². The summed E-state index contributed by atoms with van der Waals surface area (Å²) in [5.41, 5.74) is -0.843. The molecule has 0 unspecified atom stereocenters. The number of carbonyl (C=O) groups is 1. The van der Waals surface area contributed by atoms with E-state index in [0.717, 1.165) is 44.2 Å². The summed E-state index contributed by atoms with van der Waals surface area (Å²) in [5, 5.41) is 9.05. The molecular weight excluding hydrogens is 385 g/mol. The Morgan fingerprint density at radius 2 is 1.59 bits per heavy atom. The van der Waals surface area contributed by atoms with Crippen LogP contribution in [0.15, 0.2) is 23.1 Å². The van der Waals surface area contributed by atoms with Crippen LogP contribution in [0, 0.1) is 0 Å². The fraction of sp³-hybridized carbons (Fsp3) is 0.611. The zero-order chi connectivity index (χ0) is 20.5. The fourth-order valence-corrected chi connectivity index (χ4v) is 4.02. The number of carboxylic acids is 1. The molecule has 0 heterocycles. The monoisotopic (exact) mass is 410 g/mol. The molecule has 0 bridgehead atoms. The van der Waals surface area contributed by atoms with E-state index in [4.69, 9.17) is 5.11 Å². The Morgan fingerprint density at radius 3 is 2.11 bits per heavy atom. The quantitative estimate of drug-likeness (QED) is 0.479. The summed E-state index contributed by atoms with van der Waals surface area (Å²) in [6.45, 7) is 2.13. The Kier molecular flexibility index (Phi) is 9.08. The van der Waals surface area contributed by atoms with Crippen molar-refractivity contribution in [1.29, 1.82) is 0 Å². The molecule has 0 aliphatic heterocycles. The Labute approximate surface area is 157 Å². The largest absolute Gasteiger partial charge is 0.573 e. The van der Waals surface area contributed by atoms with Gasteiger partial charge in [0, 0.05) is 0 Å². The van der Waals surface area contributed by atoms with Crippen LogP contribution in [-0.4, -0.2) is 31.6 Å². The maximum absolute atomic E-state index is 12.3. The van der Waals surface area contributed by atoms with Crippen LogP contribution in [0.5, 0.6) is 5.75 Å². The standard InChI is InChI=1S/C18H25F3O5S/c1-2-3-4-5-6-7-8-9-12-27(24,25)14-10-11-16(26-18(19,20)21)15(13-14)17(22)23/h10-11,13H,2-9,12H2,1H3,(H,22,23). The van der Waals surface area contributed by atoms with E-state index in [-0.39, 0.29) is 10.6 Å². The van der Waals surface area contributed by atoms with Crippen molar-refractivity contribution in [3.8, 4) is 5.75 Å². The highest BCUT2D eigenvalue weighted by Gasteiger charge is 2.33. The van der Waals surface area contributed by atoms with Gasteiger partial charge < -0.3 is 9.84 Å². The van der Waals surface area contributed by atoms with Gasteiger partial charge in [0.25, 0.3) is 0 Å². The second-order valence-electron chi connectivity index (χ2n) is 6.30. The lowest BCUT2D eigenvalue weighted by Crippen LogP contribution is -2.19. The van der Waals surface area contributed by atoms with Crippen LogP contribution in [0.4, 0.5) is 13.2 Å². The Bertz CT molecular complexity index is 714. The number of sulfone groups is 1. The Hall–Kier alpha value is -1.77. The summed E-state index contributed by atoms with van der Waals surface area (Å²) in [7, 11) is -3.78. The first-order valence-corrected chi connectivity index (χ1v) is 10.6. The van der Waals surface area contributed by atoms with Crippen molar-refractivity contribution in [3.05, 3.63) is 23.8 Å². The molecule has 1 aromatic carbocycles. The maximum Gasteiger partial charge on any atom is 0.573 e. The van der Waals surface area contributed by atoms with Gasteiger partial charge in [0.1, 0.15) is 11.3 Å². The molecular formula is C18H25F3O5S. The predicted molar refractivity (Wildman–Crippen MR) is 94.7 cm³/mol. The molecule has 0 aliphatic rings. The van der Waals surface area contributed by atoms with Gasteiger partial charge in [-0.1, -0.05) is 51.9 Å². The summed E-state index contributed by atoms with van der Waals surface area (Å²) in [6.07, 6.45) is 2.65. The van der Waals surface area contributed by atoms with Gasteiger partial charge >= 0.3 is 12.3 Å². The number of rotatable bonds is 12. The van der Waals surface area contributed by atoms with Crippen molar-refractivity contribution in [2.45, 2.75) is 69.5 Å². The fourth-order valence-electron chi connectivity index (χ4n) is 2.63. The molecule has 1 rings (SSSR count). The van der Waals surface area contributed by atoms with E-state index in [1.807, 2.05) is 0 Å². The summed E-state index contributed by atoms with van der Waals surface area (Å²) < 4.78 is 65.3. The van der Waals surface area contributed by atoms with E-state index in [0.29, 0.717) is 12.5 Å². The van der Waals surface area contributed by atoms with Crippen molar-refractivity contribution in [1.82, 2.24) is 0 Å². The number of ether oxygens (including phenoxy) is 1. The minimum absolute atomic E-state index is 0.180. The molecule has 0 spiro atoms. The van der Waals surface area contributed by atoms with Gasteiger partial charge in [-0.3, -0.25) is 0 Å².